The first-order chi connectivity index (χ1) is 14.2. The molecule has 0 aliphatic rings. The van der Waals surface area contributed by atoms with Crippen LogP contribution in [0.4, 0.5) is 5.69 Å². The number of benzene rings is 2. The van der Waals surface area contributed by atoms with Gasteiger partial charge >= 0.3 is 0 Å². The number of ether oxygens (including phenoxy) is 3. The highest BCUT2D eigenvalue weighted by molar-refractivity contribution is 7.92. The fourth-order valence-corrected chi connectivity index (χ4v) is 3.75. The average Bonchev–Trinajstić information content (AvgIpc) is 2.71. The molecule has 0 aliphatic heterocycles. The number of carbonyl (C=O) groups is 1. The number of nitrogens with zero attached hydrogens (tertiary/aromatic N) is 1. The van der Waals surface area contributed by atoms with Crippen LogP contribution in [0.2, 0.25) is 0 Å². The number of amides is 1. The lowest BCUT2D eigenvalue weighted by Crippen LogP contribution is -2.41. The molecule has 1 atom stereocenters. The Labute approximate surface area is 177 Å². The lowest BCUT2D eigenvalue weighted by Gasteiger charge is -2.24. The SMILES string of the molecule is CCOc1ccc([C@@H](C)NC(=O)CN(c2ccc(OC)c(OC)c2)S(C)(=O)=O)cc1. The van der Waals surface area contributed by atoms with Crippen LogP contribution in [-0.4, -0.2) is 48.0 Å². The number of nitrogens with one attached hydrogen (secondary N) is 1. The number of anilines is 1. The van der Waals surface area contributed by atoms with Gasteiger partial charge in [0, 0.05) is 6.07 Å². The van der Waals surface area contributed by atoms with E-state index in [1.54, 1.807) is 12.1 Å². The summed E-state index contributed by atoms with van der Waals surface area (Å²) < 4.78 is 41.5. The molecule has 2 rings (SSSR count). The van der Waals surface area contributed by atoms with Crippen LogP contribution in [0.25, 0.3) is 0 Å². The maximum atomic E-state index is 12.6. The predicted octanol–water partition coefficient (Wildman–Crippen LogP) is 2.75. The van der Waals surface area contributed by atoms with E-state index in [2.05, 4.69) is 5.32 Å². The molecule has 164 valence electrons. The highest BCUT2D eigenvalue weighted by atomic mass is 32.2. The summed E-state index contributed by atoms with van der Waals surface area (Å²) >= 11 is 0. The van der Waals surface area contributed by atoms with Crippen molar-refractivity contribution in [2.24, 2.45) is 0 Å². The van der Waals surface area contributed by atoms with Gasteiger partial charge in [0.05, 0.1) is 38.8 Å². The standard InChI is InChI=1S/C21H28N2O6S/c1-6-29-18-10-7-16(8-11-18)15(2)22-21(24)14-23(30(5,25)26)17-9-12-19(27-3)20(13-17)28-4/h7-13,15H,6,14H2,1-5H3,(H,22,24)/t15-/m1/s1. The molecule has 2 aromatic carbocycles. The molecular weight excluding hydrogens is 408 g/mol. The van der Waals surface area contributed by atoms with Crippen LogP contribution in [-0.2, 0) is 14.8 Å². The van der Waals surface area contributed by atoms with Gasteiger partial charge in [0.2, 0.25) is 15.9 Å². The van der Waals surface area contributed by atoms with Crippen molar-refractivity contribution in [2.45, 2.75) is 19.9 Å². The average molecular weight is 437 g/mol. The minimum Gasteiger partial charge on any atom is -0.494 e. The Morgan fingerprint density at radius 1 is 1.07 bits per heavy atom. The van der Waals surface area contributed by atoms with Gasteiger partial charge in [0.1, 0.15) is 12.3 Å². The first-order valence-corrected chi connectivity index (χ1v) is 11.3. The normalized spacial score (nSPS) is 12.0. The van der Waals surface area contributed by atoms with Crippen LogP contribution in [0.1, 0.15) is 25.5 Å². The molecule has 1 N–H and O–H groups in total. The van der Waals surface area contributed by atoms with Crippen molar-refractivity contribution in [3.05, 3.63) is 48.0 Å². The number of carbonyl (C=O) groups excluding carboxylic acids is 1. The molecular formula is C21H28N2O6S. The van der Waals surface area contributed by atoms with Gasteiger partial charge in [0.15, 0.2) is 11.5 Å². The molecule has 0 radical (unpaired) electrons. The molecule has 0 aromatic heterocycles. The van der Waals surface area contributed by atoms with Crippen LogP contribution in [0, 0.1) is 0 Å². The van der Waals surface area contributed by atoms with Crippen molar-refractivity contribution in [2.75, 3.05) is 37.9 Å². The molecule has 0 unspecified atom stereocenters. The lowest BCUT2D eigenvalue weighted by atomic mass is 10.1. The second-order valence-electron chi connectivity index (χ2n) is 6.60. The fraction of sp³-hybridized carbons (Fsp3) is 0.381. The Kier molecular flexibility index (Phi) is 7.93. The van der Waals surface area contributed by atoms with Gasteiger partial charge in [-0.25, -0.2) is 8.42 Å². The lowest BCUT2D eigenvalue weighted by molar-refractivity contribution is -0.120. The molecule has 9 heteroatoms. The quantitative estimate of drug-likeness (QED) is 0.616. The summed E-state index contributed by atoms with van der Waals surface area (Å²) in [4.78, 5) is 12.6. The number of methoxy groups -OCH3 is 2. The van der Waals surface area contributed by atoms with Gasteiger partial charge in [-0.2, -0.15) is 0 Å². The minimum atomic E-state index is -3.71. The molecule has 0 aliphatic carbocycles. The highest BCUT2D eigenvalue weighted by Crippen LogP contribution is 2.32. The maximum absolute atomic E-state index is 12.6. The minimum absolute atomic E-state index is 0.305. The van der Waals surface area contributed by atoms with E-state index in [4.69, 9.17) is 14.2 Å². The molecule has 2 aromatic rings. The van der Waals surface area contributed by atoms with E-state index in [-0.39, 0.29) is 12.6 Å². The Bertz CT molecular complexity index is 960. The summed E-state index contributed by atoms with van der Waals surface area (Å²) in [6.07, 6.45) is 1.05. The van der Waals surface area contributed by atoms with Gasteiger partial charge in [0.25, 0.3) is 0 Å². The van der Waals surface area contributed by atoms with Crippen molar-refractivity contribution in [3.63, 3.8) is 0 Å². The summed E-state index contributed by atoms with van der Waals surface area (Å²) in [6, 6.07) is 11.7. The van der Waals surface area contributed by atoms with Crippen molar-refractivity contribution in [1.29, 1.82) is 0 Å². The Balaban J connectivity index is 2.16. The van der Waals surface area contributed by atoms with Gasteiger partial charge in [-0.15, -0.1) is 0 Å². The van der Waals surface area contributed by atoms with Crippen molar-refractivity contribution in [3.8, 4) is 17.2 Å². The smallest absolute Gasteiger partial charge is 0.241 e. The van der Waals surface area contributed by atoms with Crippen LogP contribution in [0.3, 0.4) is 0 Å². The van der Waals surface area contributed by atoms with E-state index in [0.717, 1.165) is 21.9 Å². The molecule has 8 nitrogen and oxygen atoms in total. The third-order valence-electron chi connectivity index (χ3n) is 4.41. The van der Waals surface area contributed by atoms with Crippen LogP contribution in [0.15, 0.2) is 42.5 Å². The number of hydrogen-bond donors (Lipinski definition) is 1. The second-order valence-corrected chi connectivity index (χ2v) is 8.51. The first kappa shape index (κ1) is 23.3. The Morgan fingerprint density at radius 2 is 1.70 bits per heavy atom. The summed E-state index contributed by atoms with van der Waals surface area (Å²) in [5.74, 6) is 1.14. The van der Waals surface area contributed by atoms with Crippen LogP contribution in [0.5, 0.6) is 17.2 Å². The second kappa shape index (κ2) is 10.2. The zero-order chi connectivity index (χ0) is 22.3. The molecule has 1 amide bonds. The monoisotopic (exact) mass is 436 g/mol. The highest BCUT2D eigenvalue weighted by Gasteiger charge is 2.23. The molecule has 30 heavy (non-hydrogen) atoms. The third-order valence-corrected chi connectivity index (χ3v) is 5.55. The van der Waals surface area contributed by atoms with E-state index in [0.29, 0.717) is 23.8 Å². The Morgan fingerprint density at radius 3 is 2.23 bits per heavy atom. The number of rotatable bonds is 10. The molecule has 0 heterocycles. The predicted molar refractivity (Wildman–Crippen MR) is 116 cm³/mol. The summed E-state index contributed by atoms with van der Waals surface area (Å²) in [7, 11) is -0.767. The van der Waals surface area contributed by atoms with Gasteiger partial charge < -0.3 is 19.5 Å². The zero-order valence-electron chi connectivity index (χ0n) is 17.8. The van der Waals surface area contributed by atoms with Gasteiger partial charge in [-0.3, -0.25) is 9.10 Å². The van der Waals surface area contributed by atoms with Crippen LogP contribution >= 0.6 is 0 Å². The van der Waals surface area contributed by atoms with Gasteiger partial charge in [-0.1, -0.05) is 12.1 Å². The van der Waals surface area contributed by atoms with Crippen LogP contribution < -0.4 is 23.8 Å². The van der Waals surface area contributed by atoms with Crippen molar-refractivity contribution < 1.29 is 27.4 Å². The number of hydrogen-bond acceptors (Lipinski definition) is 6. The van der Waals surface area contributed by atoms with Crippen molar-refractivity contribution >= 4 is 21.6 Å². The van der Waals surface area contributed by atoms with E-state index < -0.39 is 15.9 Å². The maximum Gasteiger partial charge on any atom is 0.241 e. The Hall–Kier alpha value is -2.94. The fourth-order valence-electron chi connectivity index (χ4n) is 2.90. The first-order valence-electron chi connectivity index (χ1n) is 9.41. The summed E-state index contributed by atoms with van der Waals surface area (Å²) in [5.41, 5.74) is 1.18. The zero-order valence-corrected chi connectivity index (χ0v) is 18.7. The topological polar surface area (TPSA) is 94.2 Å². The largest absolute Gasteiger partial charge is 0.494 e. The van der Waals surface area contributed by atoms with E-state index in [1.165, 1.54) is 20.3 Å². The number of sulfonamides is 1. The third kappa shape index (κ3) is 6.03. The molecule has 0 spiro atoms. The molecule has 0 bridgehead atoms. The summed E-state index contributed by atoms with van der Waals surface area (Å²) in [6.45, 7) is 3.94. The van der Waals surface area contributed by atoms with E-state index in [9.17, 15) is 13.2 Å². The van der Waals surface area contributed by atoms with Crippen molar-refractivity contribution in [1.82, 2.24) is 5.32 Å². The van der Waals surface area contributed by atoms with E-state index >= 15 is 0 Å². The summed E-state index contributed by atoms with van der Waals surface area (Å²) in [5, 5.41) is 2.83. The molecule has 0 saturated carbocycles. The van der Waals surface area contributed by atoms with E-state index in [1.807, 2.05) is 38.1 Å². The molecule has 0 saturated heterocycles. The molecule has 0 fully saturated rings. The van der Waals surface area contributed by atoms with Gasteiger partial charge in [-0.05, 0) is 43.7 Å².